The Hall–Kier alpha value is -4.09. The van der Waals surface area contributed by atoms with Crippen LogP contribution in [0.15, 0.2) is 64.2 Å². The van der Waals surface area contributed by atoms with Gasteiger partial charge in [0.05, 0.1) is 6.54 Å². The van der Waals surface area contributed by atoms with Crippen LogP contribution in [0.25, 0.3) is 11.2 Å². The molecule has 2 heterocycles. The van der Waals surface area contributed by atoms with Gasteiger partial charge in [-0.15, -0.1) is 0 Å². The maximum Gasteiger partial charge on any atom is 0.329 e. The average molecular weight is 514 g/mol. The molecule has 0 radical (unpaired) electrons. The molecule has 4 aromatic rings. The summed E-state index contributed by atoms with van der Waals surface area (Å²) in [6, 6.07) is 14.5. The second-order valence-electron chi connectivity index (χ2n) is 8.18. The van der Waals surface area contributed by atoms with Crippen molar-refractivity contribution in [3.8, 4) is 5.75 Å². The van der Waals surface area contributed by atoms with Crippen LogP contribution in [0.1, 0.15) is 5.56 Å². The van der Waals surface area contributed by atoms with Crippen molar-refractivity contribution >= 4 is 34.7 Å². The van der Waals surface area contributed by atoms with E-state index < -0.39 is 29.4 Å². The molecule has 4 rings (SSSR count). The zero-order valence-corrected chi connectivity index (χ0v) is 20.0. The number of aliphatic hydroxyl groups is 1. The number of carboxylic acid groups (broad SMARTS) is 1. The van der Waals surface area contributed by atoms with Crippen LogP contribution in [0.5, 0.6) is 5.75 Å². The number of nitrogens with one attached hydrogen (secondary N) is 2. The maximum atomic E-state index is 12.7. The normalized spacial score (nSPS) is 12.9. The Morgan fingerprint density at radius 2 is 1.86 bits per heavy atom. The number of anilines is 1. The third-order valence-electron chi connectivity index (χ3n) is 5.54. The standard InChI is InChI=1S/C24H24ClN5O6/c1-29-20-19(21(32)28-24(29)35)30(12-16(31)13-36-17-9-7-15(25)8-10-17)23(27-20)26-18(22(33)34)11-14-5-3-2-4-6-14/h2-10,16,18,31H,11-13H2,1H3,(H,26,27)(H,33,34)(H,28,32,35)/t16-,18+/m1/s1. The molecule has 0 unspecified atom stereocenters. The fourth-order valence-corrected chi connectivity index (χ4v) is 3.84. The molecule has 2 aromatic carbocycles. The number of aromatic amines is 1. The van der Waals surface area contributed by atoms with E-state index in [9.17, 15) is 24.6 Å². The highest BCUT2D eigenvalue weighted by Crippen LogP contribution is 2.20. The maximum absolute atomic E-state index is 12.7. The molecule has 36 heavy (non-hydrogen) atoms. The van der Waals surface area contributed by atoms with E-state index in [0.29, 0.717) is 10.8 Å². The van der Waals surface area contributed by atoms with Crippen LogP contribution in [-0.2, 0) is 24.8 Å². The van der Waals surface area contributed by atoms with Crippen molar-refractivity contribution in [2.45, 2.75) is 25.1 Å². The number of benzene rings is 2. The van der Waals surface area contributed by atoms with Crippen LogP contribution >= 0.6 is 11.6 Å². The number of rotatable bonds is 10. The second kappa shape index (κ2) is 10.7. The van der Waals surface area contributed by atoms with Gasteiger partial charge in [0.1, 0.15) is 24.5 Å². The van der Waals surface area contributed by atoms with Gasteiger partial charge in [-0.3, -0.25) is 14.3 Å². The molecule has 11 nitrogen and oxygen atoms in total. The van der Waals surface area contributed by atoms with Gasteiger partial charge in [0.25, 0.3) is 5.56 Å². The Kier molecular flexibility index (Phi) is 7.41. The summed E-state index contributed by atoms with van der Waals surface area (Å²) in [6.07, 6.45) is -0.968. The highest BCUT2D eigenvalue weighted by Gasteiger charge is 2.25. The van der Waals surface area contributed by atoms with Crippen molar-refractivity contribution in [2.75, 3.05) is 11.9 Å². The van der Waals surface area contributed by atoms with E-state index in [1.54, 1.807) is 48.5 Å². The summed E-state index contributed by atoms with van der Waals surface area (Å²) in [7, 11) is 1.43. The minimum atomic E-state index is -1.13. The van der Waals surface area contributed by atoms with Crippen molar-refractivity contribution in [2.24, 2.45) is 7.05 Å². The number of halogens is 1. The number of aliphatic hydroxyl groups excluding tert-OH is 1. The number of hydrogen-bond acceptors (Lipinski definition) is 7. The van der Waals surface area contributed by atoms with E-state index in [1.165, 1.54) is 11.6 Å². The Labute approximate surface area is 209 Å². The van der Waals surface area contributed by atoms with Gasteiger partial charge in [-0.25, -0.2) is 9.59 Å². The molecule has 2 atom stereocenters. The van der Waals surface area contributed by atoms with E-state index in [4.69, 9.17) is 16.3 Å². The van der Waals surface area contributed by atoms with E-state index in [2.05, 4.69) is 15.3 Å². The lowest BCUT2D eigenvalue weighted by Gasteiger charge is -2.19. The van der Waals surface area contributed by atoms with Gasteiger partial charge >= 0.3 is 11.7 Å². The number of H-pyrrole nitrogens is 1. The molecule has 0 bridgehead atoms. The smallest absolute Gasteiger partial charge is 0.329 e. The molecule has 0 fully saturated rings. The topological polar surface area (TPSA) is 151 Å². The first-order valence-corrected chi connectivity index (χ1v) is 11.4. The van der Waals surface area contributed by atoms with Crippen molar-refractivity contribution in [3.05, 3.63) is 86.0 Å². The van der Waals surface area contributed by atoms with Gasteiger partial charge in [0, 0.05) is 18.5 Å². The fourth-order valence-electron chi connectivity index (χ4n) is 3.71. The van der Waals surface area contributed by atoms with E-state index in [0.717, 1.165) is 10.1 Å². The Morgan fingerprint density at radius 3 is 2.53 bits per heavy atom. The molecule has 0 amide bonds. The lowest BCUT2D eigenvalue weighted by molar-refractivity contribution is -0.137. The van der Waals surface area contributed by atoms with Crippen LogP contribution in [0.3, 0.4) is 0 Å². The zero-order valence-electron chi connectivity index (χ0n) is 19.2. The number of ether oxygens (including phenoxy) is 1. The molecule has 2 aromatic heterocycles. The fraction of sp³-hybridized carbons (Fsp3) is 0.250. The number of aliphatic carboxylic acids is 1. The number of hydrogen-bond donors (Lipinski definition) is 4. The van der Waals surface area contributed by atoms with Gasteiger partial charge in [0.2, 0.25) is 5.95 Å². The number of carbonyl (C=O) groups is 1. The molecule has 0 aliphatic carbocycles. The minimum absolute atomic E-state index is 0.00833. The molecule has 0 spiro atoms. The molecule has 0 aliphatic rings. The van der Waals surface area contributed by atoms with Crippen LogP contribution in [-0.4, -0.2) is 54.0 Å². The van der Waals surface area contributed by atoms with Crippen LogP contribution in [0, 0.1) is 0 Å². The van der Waals surface area contributed by atoms with E-state index in [1.807, 2.05) is 6.07 Å². The minimum Gasteiger partial charge on any atom is -0.491 e. The molecule has 188 valence electrons. The first-order chi connectivity index (χ1) is 17.2. The zero-order chi connectivity index (χ0) is 25.8. The SMILES string of the molecule is Cn1c(=O)[nH]c(=O)c2c1nc(N[C@@H](Cc1ccccc1)C(=O)O)n2C[C@@H](O)COc1ccc(Cl)cc1. The third-order valence-corrected chi connectivity index (χ3v) is 5.79. The monoisotopic (exact) mass is 513 g/mol. The number of aryl methyl sites for hydroxylation is 1. The summed E-state index contributed by atoms with van der Waals surface area (Å²) in [5.41, 5.74) is -0.555. The molecule has 4 N–H and O–H groups in total. The molecule has 0 aliphatic heterocycles. The van der Waals surface area contributed by atoms with Gasteiger partial charge in [-0.05, 0) is 29.8 Å². The summed E-state index contributed by atoms with van der Waals surface area (Å²) < 4.78 is 8.09. The van der Waals surface area contributed by atoms with Crippen molar-refractivity contribution in [3.63, 3.8) is 0 Å². The van der Waals surface area contributed by atoms with Crippen molar-refractivity contribution in [1.29, 1.82) is 0 Å². The average Bonchev–Trinajstić information content (AvgIpc) is 3.20. The van der Waals surface area contributed by atoms with Crippen molar-refractivity contribution in [1.82, 2.24) is 19.1 Å². The highest BCUT2D eigenvalue weighted by atomic mass is 35.5. The first-order valence-electron chi connectivity index (χ1n) is 11.0. The first kappa shape index (κ1) is 25.0. The predicted octanol–water partition coefficient (Wildman–Crippen LogP) is 1.62. The summed E-state index contributed by atoms with van der Waals surface area (Å²) in [6.45, 7) is -0.290. The van der Waals surface area contributed by atoms with Gasteiger partial charge < -0.3 is 24.8 Å². The number of aromatic nitrogens is 4. The Bertz CT molecular complexity index is 1480. The van der Waals surface area contributed by atoms with Gasteiger partial charge in [0.15, 0.2) is 11.2 Å². The molecule has 0 saturated carbocycles. The lowest BCUT2D eigenvalue weighted by atomic mass is 10.1. The molecular formula is C24H24ClN5O6. The number of nitrogens with zero attached hydrogens (tertiary/aromatic N) is 3. The van der Waals surface area contributed by atoms with E-state index >= 15 is 0 Å². The lowest BCUT2D eigenvalue weighted by Crippen LogP contribution is -2.34. The van der Waals surface area contributed by atoms with Crippen LogP contribution in [0.4, 0.5) is 5.95 Å². The predicted molar refractivity (Wildman–Crippen MR) is 134 cm³/mol. The van der Waals surface area contributed by atoms with Gasteiger partial charge in [-0.1, -0.05) is 41.9 Å². The summed E-state index contributed by atoms with van der Waals surface area (Å²) in [5.74, 6) is -0.626. The molecular weight excluding hydrogens is 490 g/mol. The van der Waals surface area contributed by atoms with Gasteiger partial charge in [-0.2, -0.15) is 4.98 Å². The number of imidazole rings is 1. The number of carboxylic acids is 1. The Balaban J connectivity index is 1.66. The third kappa shape index (κ3) is 5.58. The quantitative estimate of drug-likeness (QED) is 0.250. The summed E-state index contributed by atoms with van der Waals surface area (Å²) in [4.78, 5) is 43.4. The Morgan fingerprint density at radius 1 is 1.17 bits per heavy atom. The summed E-state index contributed by atoms with van der Waals surface area (Å²) in [5, 5.41) is 23.9. The largest absolute Gasteiger partial charge is 0.491 e. The van der Waals surface area contributed by atoms with Crippen LogP contribution in [0.2, 0.25) is 5.02 Å². The highest BCUT2D eigenvalue weighted by molar-refractivity contribution is 6.30. The number of fused-ring (bicyclic) bond motifs is 1. The van der Waals surface area contributed by atoms with Crippen molar-refractivity contribution < 1.29 is 19.7 Å². The van der Waals surface area contributed by atoms with Crippen LogP contribution < -0.4 is 21.3 Å². The second-order valence-corrected chi connectivity index (χ2v) is 8.62. The summed E-state index contributed by atoms with van der Waals surface area (Å²) >= 11 is 5.87. The molecule has 12 heteroatoms. The van der Waals surface area contributed by atoms with E-state index in [-0.39, 0.29) is 36.7 Å². The molecule has 0 saturated heterocycles.